The Morgan fingerprint density at radius 3 is 2.33 bits per heavy atom. The molecule has 1 N–H and O–H groups in total. The van der Waals surface area contributed by atoms with Crippen LogP contribution in [0.15, 0.2) is 36.4 Å². The number of fused-ring (bicyclic) bond motifs is 7. The number of nitrogens with one attached hydrogen (secondary N) is 1. The van der Waals surface area contributed by atoms with Crippen LogP contribution in [0.4, 0.5) is 0 Å². The van der Waals surface area contributed by atoms with Gasteiger partial charge in [-0.3, -0.25) is 9.59 Å². The van der Waals surface area contributed by atoms with Crippen molar-refractivity contribution < 1.29 is 22.7 Å². The summed E-state index contributed by atoms with van der Waals surface area (Å²) in [6, 6.07) is 12.1. The van der Waals surface area contributed by atoms with Gasteiger partial charge in [0.1, 0.15) is 17.4 Å². The van der Waals surface area contributed by atoms with Gasteiger partial charge in [0, 0.05) is 67.7 Å². The molecule has 1 saturated heterocycles. The molecule has 2 atom stereocenters. The predicted molar refractivity (Wildman–Crippen MR) is 194 cm³/mol. The van der Waals surface area contributed by atoms with Crippen LogP contribution in [0, 0.1) is 19.3 Å². The average molecular weight is 714 g/mol. The first-order chi connectivity index (χ1) is 24.4. The summed E-state index contributed by atoms with van der Waals surface area (Å²) in [5.41, 5.74) is 5.11. The molecule has 2 saturated carbocycles. The van der Waals surface area contributed by atoms with Gasteiger partial charge in [-0.1, -0.05) is 25.3 Å². The van der Waals surface area contributed by atoms with Crippen LogP contribution < -0.4 is 9.46 Å². The maximum Gasteiger partial charge on any atom is 0.303 e. The number of nitrogens with zero attached hydrogens (tertiary/aromatic N) is 6. The van der Waals surface area contributed by atoms with Crippen molar-refractivity contribution in [2.24, 2.45) is 5.41 Å². The quantitative estimate of drug-likeness (QED) is 0.269. The van der Waals surface area contributed by atoms with E-state index in [1.165, 1.54) is 26.1 Å². The summed E-state index contributed by atoms with van der Waals surface area (Å²) < 4.78 is 38.7. The highest BCUT2D eigenvalue weighted by Crippen LogP contribution is 2.66. The van der Waals surface area contributed by atoms with E-state index in [2.05, 4.69) is 41.1 Å². The molecule has 270 valence electrons. The van der Waals surface area contributed by atoms with Crippen LogP contribution in [0.25, 0.3) is 22.2 Å². The molecule has 51 heavy (non-hydrogen) atoms. The Bertz CT molecular complexity index is 2140. The monoisotopic (exact) mass is 713 g/mol. The number of piperidine rings is 1. The SMILES string of the molecule is COc1ccc2c(c1)C1CC1(C(=O)N1CCC(n3c(C)nnc3C)CC1)Cn1c-2c(C2CCCCC2)c2ccc(C(=O)NS(=O)(=O)N(C)C)cc21. The molecule has 2 amide bonds. The summed E-state index contributed by atoms with van der Waals surface area (Å²) >= 11 is 0. The summed E-state index contributed by atoms with van der Waals surface area (Å²) in [4.78, 5) is 30.4. The first kappa shape index (κ1) is 33.9. The minimum atomic E-state index is -3.98. The van der Waals surface area contributed by atoms with Crippen LogP contribution in [0.3, 0.4) is 0 Å². The Kier molecular flexibility index (Phi) is 8.29. The predicted octanol–water partition coefficient (Wildman–Crippen LogP) is 5.46. The Morgan fingerprint density at radius 2 is 1.67 bits per heavy atom. The molecule has 4 heterocycles. The van der Waals surface area contributed by atoms with Crippen molar-refractivity contribution in [2.75, 3.05) is 34.3 Å². The van der Waals surface area contributed by atoms with Gasteiger partial charge in [0.15, 0.2) is 0 Å². The largest absolute Gasteiger partial charge is 0.497 e. The molecule has 13 heteroatoms. The van der Waals surface area contributed by atoms with Gasteiger partial charge in [-0.25, -0.2) is 4.72 Å². The van der Waals surface area contributed by atoms with Gasteiger partial charge >= 0.3 is 10.2 Å². The van der Waals surface area contributed by atoms with E-state index >= 15 is 0 Å². The molecule has 2 aromatic carbocycles. The fraction of sp³-hybridized carbons (Fsp3) is 0.526. The average Bonchev–Trinajstić information content (AvgIpc) is 3.68. The van der Waals surface area contributed by atoms with Crippen molar-refractivity contribution in [1.82, 2.24) is 33.3 Å². The molecule has 2 aliphatic carbocycles. The van der Waals surface area contributed by atoms with E-state index in [0.717, 1.165) is 94.4 Å². The molecule has 8 rings (SSSR count). The number of benzene rings is 2. The van der Waals surface area contributed by atoms with E-state index < -0.39 is 21.5 Å². The Balaban J connectivity index is 1.24. The fourth-order valence-corrected chi connectivity index (χ4v) is 9.87. The van der Waals surface area contributed by atoms with E-state index in [1.54, 1.807) is 13.2 Å². The molecule has 3 fully saturated rings. The van der Waals surface area contributed by atoms with Crippen LogP contribution in [-0.2, 0) is 21.5 Å². The number of ether oxygens (including phenoxy) is 1. The lowest BCUT2D eigenvalue weighted by Crippen LogP contribution is -2.44. The second-order valence-electron chi connectivity index (χ2n) is 15.2. The van der Waals surface area contributed by atoms with Gasteiger partial charge in [0.05, 0.1) is 18.2 Å². The highest BCUT2D eigenvalue weighted by molar-refractivity contribution is 7.87. The summed E-state index contributed by atoms with van der Waals surface area (Å²) in [5.74, 6) is 2.44. The zero-order chi connectivity index (χ0) is 35.8. The van der Waals surface area contributed by atoms with Crippen LogP contribution in [-0.4, -0.2) is 83.1 Å². The molecule has 2 unspecified atom stereocenters. The van der Waals surface area contributed by atoms with Crippen LogP contribution in [0.5, 0.6) is 5.75 Å². The number of carbonyl (C=O) groups is 2. The van der Waals surface area contributed by atoms with E-state index in [4.69, 9.17) is 4.74 Å². The van der Waals surface area contributed by atoms with Crippen molar-refractivity contribution in [1.29, 1.82) is 0 Å². The van der Waals surface area contributed by atoms with Crippen LogP contribution in [0.1, 0.15) is 102 Å². The number of carbonyl (C=O) groups excluding carboxylic acids is 2. The zero-order valence-electron chi connectivity index (χ0n) is 30.1. The van der Waals surface area contributed by atoms with Gasteiger partial charge in [-0.2, -0.15) is 12.7 Å². The molecule has 0 spiro atoms. The summed E-state index contributed by atoms with van der Waals surface area (Å²) in [6.45, 7) is 5.78. The highest BCUT2D eigenvalue weighted by Gasteiger charge is 2.64. The van der Waals surface area contributed by atoms with Gasteiger partial charge < -0.3 is 18.8 Å². The standard InChI is InChI=1S/C38H47N7O5S/c1-23-39-40-24(2)45(23)27-15-17-43(18-16-27)37(47)38-21-32(38)31-20-28(50-5)12-14-29(31)35-34(25-9-7-6-8-10-25)30-13-11-26(19-33(30)44(35)22-38)36(46)41-51(48,49)42(3)4/h11-14,19-20,25,27,32H,6-10,15-18,21-22H2,1-5H3,(H,41,46). The number of hydrogen-bond donors (Lipinski definition) is 1. The second-order valence-corrected chi connectivity index (χ2v) is 17.1. The van der Waals surface area contributed by atoms with E-state index in [1.807, 2.05) is 32.0 Å². The van der Waals surface area contributed by atoms with Crippen molar-refractivity contribution in [3.63, 3.8) is 0 Å². The number of hydrogen-bond acceptors (Lipinski definition) is 7. The Labute approximate surface area is 299 Å². The second kappa shape index (κ2) is 12.5. The molecule has 0 bridgehead atoms. The lowest BCUT2D eigenvalue weighted by molar-refractivity contribution is -0.139. The number of likely N-dealkylation sites (tertiary alicyclic amines) is 1. The van der Waals surface area contributed by atoms with E-state index in [0.29, 0.717) is 25.6 Å². The lowest BCUT2D eigenvalue weighted by atomic mass is 9.81. The minimum Gasteiger partial charge on any atom is -0.497 e. The number of aryl methyl sites for hydroxylation is 2. The van der Waals surface area contributed by atoms with Gasteiger partial charge in [-0.05, 0) is 93.3 Å². The highest BCUT2D eigenvalue weighted by atomic mass is 32.2. The van der Waals surface area contributed by atoms with Crippen molar-refractivity contribution in [2.45, 2.75) is 89.6 Å². The fourth-order valence-electron chi connectivity index (χ4n) is 9.34. The van der Waals surface area contributed by atoms with E-state index in [9.17, 15) is 18.0 Å². The molecule has 0 radical (unpaired) electrons. The number of rotatable bonds is 7. The Hall–Kier alpha value is -4.23. The number of amides is 2. The molecule has 12 nitrogen and oxygen atoms in total. The Morgan fingerprint density at radius 1 is 0.961 bits per heavy atom. The lowest BCUT2D eigenvalue weighted by Gasteiger charge is -2.36. The van der Waals surface area contributed by atoms with Gasteiger partial charge in [-0.15, -0.1) is 10.2 Å². The van der Waals surface area contributed by atoms with Crippen LogP contribution in [0.2, 0.25) is 0 Å². The number of methoxy groups -OCH3 is 1. The van der Waals surface area contributed by atoms with Crippen molar-refractivity contribution in [3.05, 3.63) is 64.7 Å². The summed E-state index contributed by atoms with van der Waals surface area (Å²) in [5, 5.41) is 9.60. The normalized spacial score (nSPS) is 22.3. The summed E-state index contributed by atoms with van der Waals surface area (Å²) in [6.07, 6.45) is 8.10. The summed E-state index contributed by atoms with van der Waals surface area (Å²) in [7, 11) is 0.469. The minimum absolute atomic E-state index is 0.0287. The van der Waals surface area contributed by atoms with Gasteiger partial charge in [0.2, 0.25) is 5.91 Å². The first-order valence-corrected chi connectivity index (χ1v) is 19.6. The molecular formula is C38H47N7O5S. The molecule has 4 aliphatic rings. The van der Waals surface area contributed by atoms with Crippen LogP contribution >= 0.6 is 0 Å². The van der Waals surface area contributed by atoms with Crippen molar-refractivity contribution in [3.8, 4) is 17.0 Å². The first-order valence-electron chi connectivity index (χ1n) is 18.2. The molecule has 4 aromatic rings. The molecule has 2 aromatic heterocycles. The smallest absolute Gasteiger partial charge is 0.303 e. The third-order valence-corrected chi connectivity index (χ3v) is 13.5. The third-order valence-electron chi connectivity index (χ3n) is 12.1. The molecule has 2 aliphatic heterocycles. The van der Waals surface area contributed by atoms with E-state index in [-0.39, 0.29) is 23.4 Å². The maximum atomic E-state index is 14.9. The maximum absolute atomic E-state index is 14.9. The number of aromatic nitrogens is 4. The zero-order valence-corrected chi connectivity index (χ0v) is 30.9. The van der Waals surface area contributed by atoms with Gasteiger partial charge in [0.25, 0.3) is 5.91 Å². The molecular weight excluding hydrogens is 667 g/mol. The van der Waals surface area contributed by atoms with Crippen molar-refractivity contribution >= 4 is 32.9 Å². The third kappa shape index (κ3) is 5.54. The topological polar surface area (TPSA) is 132 Å².